The number of hydrazone groups is 1. The number of hydrogen-bond donors (Lipinski definition) is 2. The number of halogens is 1. The Balaban J connectivity index is 2.77. The van der Waals surface area contributed by atoms with E-state index in [0.717, 1.165) is 0 Å². The zero-order valence-corrected chi connectivity index (χ0v) is 11.4. The molecule has 1 aromatic carbocycles. The molecule has 3 N–H and O–H groups in total. The van der Waals surface area contributed by atoms with Crippen molar-refractivity contribution in [3.8, 4) is 0 Å². The number of benzene rings is 1. The number of nitrogens with zero attached hydrogens (tertiary/aromatic N) is 2. The minimum Gasteiger partial charge on any atom is -0.481 e. The van der Waals surface area contributed by atoms with Gasteiger partial charge in [-0.3, -0.25) is 14.6 Å². The molecule has 7 heteroatoms. The van der Waals surface area contributed by atoms with Crippen molar-refractivity contribution in [3.63, 3.8) is 0 Å². The first-order chi connectivity index (χ1) is 8.52. The van der Waals surface area contributed by atoms with Crippen molar-refractivity contribution in [3.05, 3.63) is 29.8 Å². The minimum absolute atomic E-state index is 0.0572. The van der Waals surface area contributed by atoms with Crippen molar-refractivity contribution in [2.45, 2.75) is 6.42 Å². The van der Waals surface area contributed by atoms with Crippen molar-refractivity contribution in [2.24, 2.45) is 15.9 Å². The van der Waals surface area contributed by atoms with E-state index in [2.05, 4.69) is 10.1 Å². The molecular weight excluding hydrogens is 349 g/mol. The molecule has 94 valence electrons. The van der Waals surface area contributed by atoms with Gasteiger partial charge in [0.1, 0.15) is 0 Å². The highest BCUT2D eigenvalue weighted by molar-refractivity contribution is 14.1. The summed E-state index contributed by atoms with van der Waals surface area (Å²) in [6, 6.07) is 6.57. The number of aliphatic imine (C=N–C) groups is 1. The Hall–Kier alpha value is -1.77. The Bertz CT molecular complexity index is 509. The summed E-state index contributed by atoms with van der Waals surface area (Å²) >= 11 is 1.69. The number of rotatable bonds is 5. The van der Waals surface area contributed by atoms with Gasteiger partial charge in [0.05, 0.1) is 24.0 Å². The maximum absolute atomic E-state index is 11.0. The lowest BCUT2D eigenvalue weighted by Gasteiger charge is -1.97. The third-order valence-corrected chi connectivity index (χ3v) is 2.58. The molecule has 0 fully saturated rings. The van der Waals surface area contributed by atoms with E-state index in [1.807, 2.05) is 0 Å². The van der Waals surface area contributed by atoms with Crippen LogP contribution in [0.1, 0.15) is 16.8 Å². The van der Waals surface area contributed by atoms with E-state index in [0.29, 0.717) is 11.3 Å². The number of nitrogens with two attached hydrogens (primary N) is 1. The molecule has 0 amide bonds. The molecule has 6 nitrogen and oxygen atoms in total. The van der Waals surface area contributed by atoms with E-state index in [-0.39, 0.29) is 15.9 Å². The predicted octanol–water partition coefficient (Wildman–Crippen LogP) is 1.75. The van der Waals surface area contributed by atoms with Gasteiger partial charge in [-0.05, 0) is 24.3 Å². The second-order valence-electron chi connectivity index (χ2n) is 3.27. The summed E-state index contributed by atoms with van der Waals surface area (Å²) in [6.07, 6.45) is 0.999. The van der Waals surface area contributed by atoms with Gasteiger partial charge in [0, 0.05) is 28.2 Å². The molecule has 0 aliphatic rings. The Morgan fingerprint density at radius 1 is 1.33 bits per heavy atom. The maximum atomic E-state index is 11.0. The molecule has 1 rings (SSSR count). The number of hydrogen-bond acceptors (Lipinski definition) is 5. The van der Waals surface area contributed by atoms with Crippen molar-refractivity contribution < 1.29 is 14.7 Å². The molecular formula is C11H10IN3O3. The molecule has 0 spiro atoms. The van der Waals surface area contributed by atoms with Gasteiger partial charge in [-0.25, -0.2) is 0 Å². The highest BCUT2D eigenvalue weighted by Crippen LogP contribution is 2.14. The zero-order valence-electron chi connectivity index (χ0n) is 9.21. The Labute approximate surface area is 117 Å². The Morgan fingerprint density at radius 3 is 2.39 bits per heavy atom. The number of carbonyl (C=O) groups excluding carboxylic acids is 1. The number of aliphatic carboxylic acids is 1. The molecule has 0 radical (unpaired) electrons. The second-order valence-corrected chi connectivity index (χ2v) is 4.25. The fourth-order valence-electron chi connectivity index (χ4n) is 1.11. The summed E-state index contributed by atoms with van der Waals surface area (Å²) in [5, 5.41) is 11.9. The van der Waals surface area contributed by atoms with Crippen LogP contribution in [0.25, 0.3) is 0 Å². The first-order valence-corrected chi connectivity index (χ1v) is 5.93. The van der Waals surface area contributed by atoms with Gasteiger partial charge in [-0.1, -0.05) is 0 Å². The van der Waals surface area contributed by atoms with E-state index in [1.54, 1.807) is 46.9 Å². The van der Waals surface area contributed by atoms with Crippen LogP contribution in [0.2, 0.25) is 0 Å². The van der Waals surface area contributed by atoms with Crippen LogP contribution in [0.5, 0.6) is 0 Å². The van der Waals surface area contributed by atoms with Gasteiger partial charge in [0.25, 0.3) is 0 Å². The lowest BCUT2D eigenvalue weighted by Crippen LogP contribution is -2.10. The minimum atomic E-state index is -1.03. The van der Waals surface area contributed by atoms with Gasteiger partial charge in [-0.15, -0.1) is 0 Å². The molecule has 0 aliphatic carbocycles. The summed E-state index contributed by atoms with van der Waals surface area (Å²) in [6.45, 7) is 0. The molecule has 0 bridgehead atoms. The molecule has 0 atom stereocenters. The van der Waals surface area contributed by atoms with E-state index < -0.39 is 5.97 Å². The summed E-state index contributed by atoms with van der Waals surface area (Å²) in [4.78, 5) is 25.5. The fraction of sp³-hybridized carbons (Fsp3) is 0.0909. The predicted molar refractivity (Wildman–Crippen MR) is 76.8 cm³/mol. The van der Waals surface area contributed by atoms with E-state index in [9.17, 15) is 9.59 Å². The van der Waals surface area contributed by atoms with Gasteiger partial charge in [0.2, 0.25) is 3.79 Å². The van der Waals surface area contributed by atoms with Crippen LogP contribution in [0, 0.1) is 0 Å². The summed E-state index contributed by atoms with van der Waals surface area (Å²) < 4.78 is -0.0572. The summed E-state index contributed by atoms with van der Waals surface area (Å²) in [5.41, 5.74) is 1.33. The summed E-state index contributed by atoms with van der Waals surface area (Å²) in [7, 11) is 0. The summed E-state index contributed by atoms with van der Waals surface area (Å²) in [5.74, 6) is 4.01. The van der Waals surface area contributed by atoms with Gasteiger partial charge >= 0.3 is 5.97 Å². The average Bonchev–Trinajstić information content (AvgIpc) is 2.34. The molecule has 0 aromatic heterocycles. The van der Waals surface area contributed by atoms with Crippen LogP contribution in [0.15, 0.2) is 34.4 Å². The lowest BCUT2D eigenvalue weighted by atomic mass is 10.2. The van der Waals surface area contributed by atoms with Gasteiger partial charge < -0.3 is 10.9 Å². The smallest absolute Gasteiger partial charge is 0.309 e. The molecule has 0 aliphatic heterocycles. The van der Waals surface area contributed by atoms with Crippen LogP contribution in [-0.2, 0) is 4.79 Å². The SMILES string of the molecule is NN=C(C=Nc1ccc(C(=O)I)cc1)CC(=O)O. The van der Waals surface area contributed by atoms with Crippen molar-refractivity contribution >= 4 is 50.0 Å². The first-order valence-electron chi connectivity index (χ1n) is 4.85. The van der Waals surface area contributed by atoms with Crippen molar-refractivity contribution in [2.75, 3.05) is 0 Å². The van der Waals surface area contributed by atoms with E-state index in [1.165, 1.54) is 6.21 Å². The Kier molecular flexibility index (Phi) is 5.43. The van der Waals surface area contributed by atoms with Gasteiger partial charge in [-0.2, -0.15) is 5.10 Å². The fourth-order valence-corrected chi connectivity index (χ4v) is 1.47. The highest BCUT2D eigenvalue weighted by Gasteiger charge is 2.03. The third-order valence-electron chi connectivity index (χ3n) is 1.96. The molecule has 0 heterocycles. The maximum Gasteiger partial charge on any atom is 0.309 e. The van der Waals surface area contributed by atoms with Crippen molar-refractivity contribution in [1.82, 2.24) is 0 Å². The van der Waals surface area contributed by atoms with Gasteiger partial charge in [0.15, 0.2) is 0 Å². The van der Waals surface area contributed by atoms with E-state index >= 15 is 0 Å². The van der Waals surface area contributed by atoms with Crippen LogP contribution in [0.4, 0.5) is 5.69 Å². The molecule has 0 saturated carbocycles. The molecule has 0 unspecified atom stereocenters. The van der Waals surface area contributed by atoms with Crippen LogP contribution >= 0.6 is 22.6 Å². The standard InChI is InChI=1S/C11H10IN3O3/c12-11(18)7-1-3-8(4-2-7)14-6-9(15-13)5-10(16)17/h1-4,6H,5,13H2,(H,16,17). The largest absolute Gasteiger partial charge is 0.481 e. The lowest BCUT2D eigenvalue weighted by molar-refractivity contribution is -0.135. The van der Waals surface area contributed by atoms with Crippen molar-refractivity contribution in [1.29, 1.82) is 0 Å². The number of carbonyl (C=O) groups is 2. The van der Waals surface area contributed by atoms with Crippen LogP contribution < -0.4 is 5.84 Å². The zero-order chi connectivity index (χ0) is 13.5. The van der Waals surface area contributed by atoms with Crippen LogP contribution in [0.3, 0.4) is 0 Å². The molecule has 0 saturated heterocycles. The first kappa shape index (κ1) is 14.3. The third kappa shape index (κ3) is 4.62. The quantitative estimate of drug-likeness (QED) is 0.275. The molecule has 18 heavy (non-hydrogen) atoms. The second kappa shape index (κ2) is 6.84. The number of carboxylic acids is 1. The normalized spacial score (nSPS) is 11.7. The topological polar surface area (TPSA) is 105 Å². The number of carboxylic acid groups (broad SMARTS) is 1. The monoisotopic (exact) mass is 359 g/mol. The Morgan fingerprint density at radius 2 is 1.94 bits per heavy atom. The average molecular weight is 359 g/mol. The van der Waals surface area contributed by atoms with Crippen LogP contribution in [-0.4, -0.2) is 26.8 Å². The van der Waals surface area contributed by atoms with E-state index in [4.69, 9.17) is 10.9 Å². The molecule has 1 aromatic rings. The highest BCUT2D eigenvalue weighted by atomic mass is 127.